The summed E-state index contributed by atoms with van der Waals surface area (Å²) in [7, 11) is 1.87. The summed E-state index contributed by atoms with van der Waals surface area (Å²) in [4.78, 5) is 14.4. The average Bonchev–Trinajstić information content (AvgIpc) is 3.00. The van der Waals surface area contributed by atoms with Crippen LogP contribution in [-0.4, -0.2) is 40.1 Å². The van der Waals surface area contributed by atoms with Gasteiger partial charge in [0.15, 0.2) is 0 Å². The van der Waals surface area contributed by atoms with Crippen molar-refractivity contribution in [3.63, 3.8) is 0 Å². The third-order valence-corrected chi connectivity index (χ3v) is 3.65. The molecule has 1 aliphatic rings. The van der Waals surface area contributed by atoms with Crippen molar-refractivity contribution >= 4 is 5.91 Å². The van der Waals surface area contributed by atoms with Gasteiger partial charge in [0.2, 0.25) is 5.91 Å². The second kappa shape index (κ2) is 5.52. The molecule has 0 aliphatic carbocycles. The van der Waals surface area contributed by atoms with Crippen LogP contribution in [0.2, 0.25) is 0 Å². The number of hydrogen-bond acceptors (Lipinski definition) is 3. The molecule has 0 bridgehead atoms. The lowest BCUT2D eigenvalue weighted by atomic mass is 9.90. The van der Waals surface area contributed by atoms with Crippen LogP contribution in [0.15, 0.2) is 12.4 Å². The molecule has 2 N–H and O–H groups in total. The second-order valence-electron chi connectivity index (χ2n) is 5.13. The number of nitrogens with one attached hydrogen (secondary N) is 2. The summed E-state index contributed by atoms with van der Waals surface area (Å²) in [5.41, 5.74) is 0.711. The number of nitrogens with zero attached hydrogens (tertiary/aromatic N) is 2. The Morgan fingerprint density at radius 2 is 2.44 bits per heavy atom. The smallest absolute Gasteiger partial charge is 0.242 e. The molecule has 0 spiro atoms. The highest BCUT2D eigenvalue weighted by atomic mass is 16.2. The van der Waals surface area contributed by atoms with E-state index in [0.717, 1.165) is 37.8 Å². The molecule has 18 heavy (non-hydrogen) atoms. The monoisotopic (exact) mass is 250 g/mol. The first kappa shape index (κ1) is 13.1. The molecule has 1 saturated heterocycles. The zero-order valence-corrected chi connectivity index (χ0v) is 11.2. The van der Waals surface area contributed by atoms with Crippen molar-refractivity contribution in [1.82, 2.24) is 20.4 Å². The van der Waals surface area contributed by atoms with Crippen molar-refractivity contribution in [3.05, 3.63) is 18.0 Å². The number of amides is 1. The largest absolute Gasteiger partial charge is 0.340 e. The Morgan fingerprint density at radius 3 is 3.00 bits per heavy atom. The molecule has 0 radical (unpaired) electrons. The molecule has 1 amide bonds. The lowest BCUT2D eigenvalue weighted by molar-refractivity contribution is -0.137. The Balaban J connectivity index is 2.04. The first-order chi connectivity index (χ1) is 8.68. The van der Waals surface area contributed by atoms with Crippen molar-refractivity contribution in [3.8, 4) is 0 Å². The maximum Gasteiger partial charge on any atom is 0.242 e. The zero-order valence-electron chi connectivity index (χ0n) is 11.2. The summed E-state index contributed by atoms with van der Waals surface area (Å²) in [6, 6.07) is 0. The number of aromatic amines is 1. The fourth-order valence-corrected chi connectivity index (χ4v) is 2.81. The van der Waals surface area contributed by atoms with Gasteiger partial charge in [-0.05, 0) is 25.8 Å². The number of H-pyrrole nitrogens is 1. The Morgan fingerprint density at radius 1 is 1.61 bits per heavy atom. The van der Waals surface area contributed by atoms with Crippen molar-refractivity contribution < 1.29 is 4.79 Å². The number of rotatable bonds is 5. The molecule has 1 fully saturated rings. The summed E-state index contributed by atoms with van der Waals surface area (Å²) in [6.07, 6.45) is 7.58. The number of aromatic nitrogens is 2. The topological polar surface area (TPSA) is 61.0 Å². The van der Waals surface area contributed by atoms with Crippen LogP contribution in [0.4, 0.5) is 0 Å². The van der Waals surface area contributed by atoms with Crippen LogP contribution in [0.3, 0.4) is 0 Å². The lowest BCUT2D eigenvalue weighted by Gasteiger charge is -2.32. The van der Waals surface area contributed by atoms with Crippen LogP contribution in [-0.2, 0) is 11.3 Å². The van der Waals surface area contributed by atoms with Gasteiger partial charge >= 0.3 is 0 Å². The van der Waals surface area contributed by atoms with E-state index < -0.39 is 0 Å². The molecule has 1 unspecified atom stereocenters. The first-order valence-corrected chi connectivity index (χ1v) is 6.66. The maximum absolute atomic E-state index is 12.6. The summed E-state index contributed by atoms with van der Waals surface area (Å²) in [6.45, 7) is 3.69. The normalized spacial score (nSPS) is 23.2. The fraction of sp³-hybridized carbons (Fsp3) is 0.692. The van der Waals surface area contributed by atoms with Gasteiger partial charge in [-0.1, -0.05) is 13.3 Å². The fourth-order valence-electron chi connectivity index (χ4n) is 2.81. The number of carbonyl (C=O) groups is 1. The van der Waals surface area contributed by atoms with Gasteiger partial charge in [0.1, 0.15) is 0 Å². The zero-order chi connectivity index (χ0) is 13.0. The summed E-state index contributed by atoms with van der Waals surface area (Å²) >= 11 is 0. The Labute approximate surface area is 108 Å². The van der Waals surface area contributed by atoms with Gasteiger partial charge < -0.3 is 10.2 Å². The van der Waals surface area contributed by atoms with Crippen LogP contribution in [0.1, 0.15) is 38.2 Å². The molecule has 5 heteroatoms. The van der Waals surface area contributed by atoms with Gasteiger partial charge in [0.25, 0.3) is 0 Å². The highest BCUT2D eigenvalue weighted by molar-refractivity contribution is 5.86. The molecule has 100 valence electrons. The van der Waals surface area contributed by atoms with Crippen LogP contribution in [0.25, 0.3) is 0 Å². The van der Waals surface area contributed by atoms with Crippen molar-refractivity contribution in [1.29, 1.82) is 0 Å². The van der Waals surface area contributed by atoms with Gasteiger partial charge in [-0.2, -0.15) is 5.10 Å². The average molecular weight is 250 g/mol. The predicted octanol–water partition coefficient (Wildman–Crippen LogP) is 1.29. The Kier molecular flexibility index (Phi) is 4.01. The van der Waals surface area contributed by atoms with Crippen LogP contribution in [0, 0.1) is 0 Å². The van der Waals surface area contributed by atoms with E-state index in [2.05, 4.69) is 22.4 Å². The van der Waals surface area contributed by atoms with Crippen LogP contribution >= 0.6 is 0 Å². The van der Waals surface area contributed by atoms with E-state index in [1.54, 1.807) is 11.1 Å². The minimum absolute atomic E-state index is 0.211. The lowest BCUT2D eigenvalue weighted by Crippen LogP contribution is -2.53. The molecule has 5 nitrogen and oxygen atoms in total. The summed E-state index contributed by atoms with van der Waals surface area (Å²) in [5, 5.41) is 10.1. The Bertz CT molecular complexity index is 382. The van der Waals surface area contributed by atoms with Crippen LogP contribution in [0.5, 0.6) is 0 Å². The van der Waals surface area contributed by atoms with Gasteiger partial charge in [-0.3, -0.25) is 9.89 Å². The van der Waals surface area contributed by atoms with Gasteiger partial charge in [-0.15, -0.1) is 0 Å². The molecule has 2 heterocycles. The SMILES string of the molecule is CCCC1(C(=O)N(C)Cc2cn[nH]c2)CCCN1. The molecular formula is C13H22N4O. The third kappa shape index (κ3) is 2.56. The van der Waals surface area contributed by atoms with E-state index in [4.69, 9.17) is 0 Å². The second-order valence-corrected chi connectivity index (χ2v) is 5.13. The summed E-state index contributed by atoms with van der Waals surface area (Å²) in [5.74, 6) is 0.211. The molecule has 1 aliphatic heterocycles. The van der Waals surface area contributed by atoms with Crippen molar-refractivity contribution in [2.75, 3.05) is 13.6 Å². The molecule has 1 atom stereocenters. The Hall–Kier alpha value is -1.36. The van der Waals surface area contributed by atoms with Gasteiger partial charge in [0.05, 0.1) is 11.7 Å². The molecule has 2 rings (SSSR count). The quantitative estimate of drug-likeness (QED) is 0.828. The van der Waals surface area contributed by atoms with E-state index >= 15 is 0 Å². The minimum Gasteiger partial charge on any atom is -0.340 e. The number of carbonyl (C=O) groups excluding carboxylic acids is 1. The van der Waals surface area contributed by atoms with E-state index in [-0.39, 0.29) is 11.4 Å². The predicted molar refractivity (Wildman–Crippen MR) is 69.9 cm³/mol. The van der Waals surface area contributed by atoms with Crippen LogP contribution < -0.4 is 5.32 Å². The van der Waals surface area contributed by atoms with Gasteiger partial charge in [0, 0.05) is 25.4 Å². The minimum atomic E-state index is -0.326. The highest BCUT2D eigenvalue weighted by Gasteiger charge is 2.41. The molecular weight excluding hydrogens is 228 g/mol. The molecule has 1 aromatic rings. The molecule has 0 saturated carbocycles. The number of hydrogen-bond donors (Lipinski definition) is 2. The van der Waals surface area contributed by atoms with E-state index in [0.29, 0.717) is 6.54 Å². The third-order valence-electron chi connectivity index (χ3n) is 3.65. The van der Waals surface area contributed by atoms with E-state index in [1.807, 2.05) is 13.2 Å². The van der Waals surface area contributed by atoms with Crippen molar-refractivity contribution in [2.45, 2.75) is 44.7 Å². The molecule has 0 aromatic carbocycles. The standard InChI is InChI=1S/C13H22N4O/c1-3-5-13(6-4-7-14-13)12(18)17(2)10-11-8-15-16-9-11/h8-9,14H,3-7,10H2,1-2H3,(H,15,16). The first-order valence-electron chi connectivity index (χ1n) is 6.66. The van der Waals surface area contributed by atoms with Crippen molar-refractivity contribution in [2.24, 2.45) is 0 Å². The summed E-state index contributed by atoms with van der Waals surface area (Å²) < 4.78 is 0. The molecule has 1 aromatic heterocycles. The van der Waals surface area contributed by atoms with E-state index in [1.165, 1.54) is 0 Å². The number of likely N-dealkylation sites (N-methyl/N-ethyl adjacent to an activating group) is 1. The maximum atomic E-state index is 12.6. The van der Waals surface area contributed by atoms with Gasteiger partial charge in [-0.25, -0.2) is 0 Å². The highest BCUT2D eigenvalue weighted by Crippen LogP contribution is 2.27. The van der Waals surface area contributed by atoms with E-state index in [9.17, 15) is 4.79 Å².